The maximum absolute atomic E-state index is 9.83. The largest absolute Gasteiger partial charge is 0.493 e. The number of aliphatic hydroxyl groups is 1. The number of ether oxygens (including phenoxy) is 2. The Morgan fingerprint density at radius 2 is 2.15 bits per heavy atom. The Balaban J connectivity index is 2.16. The molecule has 0 spiro atoms. The van der Waals surface area contributed by atoms with Crippen LogP contribution in [-0.2, 0) is 0 Å². The molecule has 5 heteroatoms. The molecule has 1 unspecified atom stereocenters. The van der Waals surface area contributed by atoms with Crippen molar-refractivity contribution < 1.29 is 14.6 Å². The highest BCUT2D eigenvalue weighted by Crippen LogP contribution is 2.25. The van der Waals surface area contributed by atoms with Gasteiger partial charge < -0.3 is 19.9 Å². The fourth-order valence-corrected chi connectivity index (χ4v) is 2.18. The Morgan fingerprint density at radius 1 is 1.40 bits per heavy atom. The lowest BCUT2D eigenvalue weighted by Gasteiger charge is -2.14. The summed E-state index contributed by atoms with van der Waals surface area (Å²) in [7, 11) is 1.60. The van der Waals surface area contributed by atoms with Crippen LogP contribution in [0.25, 0.3) is 0 Å². The molecule has 0 fully saturated rings. The molecule has 0 radical (unpaired) electrons. The van der Waals surface area contributed by atoms with E-state index in [1.165, 1.54) is 0 Å². The van der Waals surface area contributed by atoms with E-state index in [0.717, 1.165) is 18.1 Å². The van der Waals surface area contributed by atoms with Crippen LogP contribution in [0.1, 0.15) is 0 Å². The summed E-state index contributed by atoms with van der Waals surface area (Å²) >= 11 is 1.81. The summed E-state index contributed by atoms with van der Waals surface area (Å²) < 4.78 is 10.7. The Kier molecular flexibility index (Phi) is 8.95. The van der Waals surface area contributed by atoms with Crippen molar-refractivity contribution in [3.63, 3.8) is 0 Å². The van der Waals surface area contributed by atoms with Crippen molar-refractivity contribution in [3.05, 3.63) is 36.9 Å². The van der Waals surface area contributed by atoms with Gasteiger partial charge in [0.25, 0.3) is 0 Å². The Bertz CT molecular complexity index is 387. The first-order valence-corrected chi connectivity index (χ1v) is 7.76. The number of thioether (sulfide) groups is 1. The predicted molar refractivity (Wildman–Crippen MR) is 84.9 cm³/mol. The lowest BCUT2D eigenvalue weighted by atomic mass is 10.3. The van der Waals surface area contributed by atoms with Gasteiger partial charge in [-0.05, 0) is 12.1 Å². The number of nitrogens with one attached hydrogen (secondary N) is 1. The molecule has 0 aromatic heterocycles. The van der Waals surface area contributed by atoms with Gasteiger partial charge in [0.2, 0.25) is 0 Å². The molecule has 0 aliphatic carbocycles. The molecule has 1 aromatic rings. The van der Waals surface area contributed by atoms with Crippen molar-refractivity contribution >= 4 is 11.8 Å². The zero-order valence-electron chi connectivity index (χ0n) is 11.9. The average molecular weight is 297 g/mol. The van der Waals surface area contributed by atoms with Gasteiger partial charge in [-0.25, -0.2) is 0 Å². The summed E-state index contributed by atoms with van der Waals surface area (Å²) in [6.07, 6.45) is 1.35. The Morgan fingerprint density at radius 3 is 2.85 bits per heavy atom. The molecule has 0 aliphatic rings. The number of rotatable bonds is 11. The van der Waals surface area contributed by atoms with Gasteiger partial charge in [-0.15, -0.1) is 6.58 Å². The van der Waals surface area contributed by atoms with Crippen LogP contribution in [-0.4, -0.2) is 49.5 Å². The van der Waals surface area contributed by atoms with Gasteiger partial charge in [-0.3, -0.25) is 0 Å². The van der Waals surface area contributed by atoms with Crippen LogP contribution in [0.2, 0.25) is 0 Å². The topological polar surface area (TPSA) is 50.7 Å². The van der Waals surface area contributed by atoms with Crippen molar-refractivity contribution in [1.29, 1.82) is 0 Å². The van der Waals surface area contributed by atoms with E-state index in [9.17, 15) is 5.11 Å². The van der Waals surface area contributed by atoms with Crippen LogP contribution in [0.5, 0.6) is 11.5 Å². The highest BCUT2D eigenvalue weighted by atomic mass is 32.2. The molecular formula is C15H23NO3S. The third-order valence-electron chi connectivity index (χ3n) is 2.54. The molecule has 112 valence electrons. The molecule has 0 saturated heterocycles. The van der Waals surface area contributed by atoms with Crippen molar-refractivity contribution in [3.8, 4) is 11.5 Å². The molecular weight excluding hydrogens is 274 g/mol. The van der Waals surface area contributed by atoms with E-state index in [1.807, 2.05) is 42.1 Å². The van der Waals surface area contributed by atoms with Crippen molar-refractivity contribution in [2.24, 2.45) is 0 Å². The summed E-state index contributed by atoms with van der Waals surface area (Å²) in [5.74, 6) is 3.29. The minimum Gasteiger partial charge on any atom is -0.493 e. The van der Waals surface area contributed by atoms with E-state index in [1.54, 1.807) is 7.11 Å². The molecule has 20 heavy (non-hydrogen) atoms. The first kappa shape index (κ1) is 16.9. The number of aliphatic hydroxyl groups excluding tert-OH is 1. The van der Waals surface area contributed by atoms with E-state index in [4.69, 9.17) is 9.47 Å². The van der Waals surface area contributed by atoms with Crippen molar-refractivity contribution in [1.82, 2.24) is 5.32 Å². The lowest BCUT2D eigenvalue weighted by molar-refractivity contribution is 0.105. The molecule has 0 aliphatic heterocycles. The molecule has 0 amide bonds. The summed E-state index contributed by atoms with van der Waals surface area (Å²) in [5.41, 5.74) is 0. The van der Waals surface area contributed by atoms with Crippen LogP contribution in [0.3, 0.4) is 0 Å². The molecule has 1 rings (SSSR count). The average Bonchev–Trinajstić information content (AvgIpc) is 2.49. The molecule has 0 bridgehead atoms. The quantitative estimate of drug-likeness (QED) is 0.483. The maximum Gasteiger partial charge on any atom is 0.161 e. The SMILES string of the molecule is C=CCSCCNCC(O)COc1ccccc1OC. The van der Waals surface area contributed by atoms with Gasteiger partial charge in [0.05, 0.1) is 7.11 Å². The minimum absolute atomic E-state index is 0.243. The minimum atomic E-state index is -0.538. The predicted octanol–water partition coefficient (Wildman–Crippen LogP) is 1.94. The zero-order chi connectivity index (χ0) is 14.6. The van der Waals surface area contributed by atoms with Gasteiger partial charge in [0, 0.05) is 24.6 Å². The second-order valence-corrected chi connectivity index (χ2v) is 5.33. The van der Waals surface area contributed by atoms with Crippen molar-refractivity contribution in [2.75, 3.05) is 38.3 Å². The molecule has 4 nitrogen and oxygen atoms in total. The number of hydrogen-bond donors (Lipinski definition) is 2. The smallest absolute Gasteiger partial charge is 0.161 e. The summed E-state index contributed by atoms with van der Waals surface area (Å²) in [5, 5.41) is 13.0. The standard InChI is InChI=1S/C15H23NO3S/c1-3-9-20-10-8-16-11-13(17)12-19-15-7-5-4-6-14(15)18-2/h3-7,13,16-17H,1,8-12H2,2H3. The van der Waals surface area contributed by atoms with Gasteiger partial charge in [0.15, 0.2) is 11.5 Å². The number of para-hydroxylation sites is 2. The second-order valence-electron chi connectivity index (χ2n) is 4.18. The monoisotopic (exact) mass is 297 g/mol. The van der Waals surface area contributed by atoms with Gasteiger partial charge in [0.1, 0.15) is 12.7 Å². The third kappa shape index (κ3) is 6.84. The fraction of sp³-hybridized carbons (Fsp3) is 0.467. The van der Waals surface area contributed by atoms with E-state index < -0.39 is 6.10 Å². The van der Waals surface area contributed by atoms with Crippen LogP contribution in [0, 0.1) is 0 Å². The lowest BCUT2D eigenvalue weighted by Crippen LogP contribution is -2.32. The van der Waals surface area contributed by atoms with Gasteiger partial charge >= 0.3 is 0 Å². The number of hydrogen-bond acceptors (Lipinski definition) is 5. The second kappa shape index (κ2) is 10.6. The zero-order valence-corrected chi connectivity index (χ0v) is 12.7. The summed E-state index contributed by atoms with van der Waals surface area (Å²) in [4.78, 5) is 0. The molecule has 1 atom stereocenters. The van der Waals surface area contributed by atoms with Crippen LogP contribution in [0.15, 0.2) is 36.9 Å². The highest BCUT2D eigenvalue weighted by molar-refractivity contribution is 7.99. The Hall–Kier alpha value is -1.17. The third-order valence-corrected chi connectivity index (χ3v) is 3.50. The van der Waals surface area contributed by atoms with Crippen molar-refractivity contribution in [2.45, 2.75) is 6.10 Å². The maximum atomic E-state index is 9.83. The number of methoxy groups -OCH3 is 1. The van der Waals surface area contributed by atoms with Gasteiger partial charge in [-0.1, -0.05) is 18.2 Å². The molecule has 0 saturated carbocycles. The van der Waals surface area contributed by atoms with E-state index in [-0.39, 0.29) is 6.61 Å². The van der Waals surface area contributed by atoms with Crippen LogP contribution in [0.4, 0.5) is 0 Å². The normalized spacial score (nSPS) is 11.9. The number of benzene rings is 1. The first-order valence-electron chi connectivity index (χ1n) is 6.61. The van der Waals surface area contributed by atoms with E-state index in [2.05, 4.69) is 11.9 Å². The fourth-order valence-electron chi connectivity index (χ4n) is 1.56. The van der Waals surface area contributed by atoms with Crippen LogP contribution >= 0.6 is 11.8 Å². The van der Waals surface area contributed by atoms with E-state index >= 15 is 0 Å². The first-order chi connectivity index (χ1) is 9.77. The van der Waals surface area contributed by atoms with E-state index in [0.29, 0.717) is 18.0 Å². The molecule has 2 N–H and O–H groups in total. The summed E-state index contributed by atoms with van der Waals surface area (Å²) in [6, 6.07) is 7.41. The molecule has 1 aromatic carbocycles. The highest BCUT2D eigenvalue weighted by Gasteiger charge is 2.07. The Labute approximate surface area is 125 Å². The van der Waals surface area contributed by atoms with Crippen LogP contribution < -0.4 is 14.8 Å². The molecule has 0 heterocycles. The van der Waals surface area contributed by atoms with Gasteiger partial charge in [-0.2, -0.15) is 11.8 Å². The summed E-state index contributed by atoms with van der Waals surface area (Å²) in [6.45, 7) is 5.29.